The third kappa shape index (κ3) is 5.41. The first kappa shape index (κ1) is 10.6. The first-order valence-corrected chi connectivity index (χ1v) is 3.58. The zero-order valence-electron chi connectivity index (χ0n) is 7.08. The van der Waals surface area contributed by atoms with E-state index >= 15 is 0 Å². The number of ether oxygens (including phenoxy) is 1. The molecule has 0 atom stereocenters. The summed E-state index contributed by atoms with van der Waals surface area (Å²) in [4.78, 5) is 20.6. The van der Waals surface area contributed by atoms with Crippen molar-refractivity contribution in [1.29, 1.82) is 0 Å². The first-order valence-electron chi connectivity index (χ1n) is 3.58. The largest absolute Gasteiger partial charge is 0.466 e. The van der Waals surface area contributed by atoms with Gasteiger partial charge in [-0.1, -0.05) is 12.7 Å². The van der Waals surface area contributed by atoms with Crippen LogP contribution < -0.4 is 0 Å². The van der Waals surface area contributed by atoms with Crippen molar-refractivity contribution in [3.8, 4) is 0 Å². The Morgan fingerprint density at radius 3 is 2.75 bits per heavy atom. The van der Waals surface area contributed by atoms with E-state index in [1.807, 2.05) is 0 Å². The highest BCUT2D eigenvalue weighted by molar-refractivity contribution is 5.81. The quantitative estimate of drug-likeness (QED) is 0.352. The van der Waals surface area contributed by atoms with E-state index < -0.39 is 0 Å². The number of hydrogen-bond acceptors (Lipinski definition) is 3. The zero-order chi connectivity index (χ0) is 9.40. The summed E-state index contributed by atoms with van der Waals surface area (Å²) in [6.07, 6.45) is 4.91. The van der Waals surface area contributed by atoms with E-state index in [-0.39, 0.29) is 5.97 Å². The fourth-order valence-corrected chi connectivity index (χ4v) is 0.575. The maximum Gasteiger partial charge on any atom is 0.330 e. The van der Waals surface area contributed by atoms with E-state index in [0.717, 1.165) is 0 Å². The zero-order valence-corrected chi connectivity index (χ0v) is 7.08. The van der Waals surface area contributed by atoms with Crippen LogP contribution in [0.4, 0.5) is 0 Å². The van der Waals surface area contributed by atoms with Crippen LogP contribution in [0.1, 0.15) is 12.8 Å². The molecular weight excluding hydrogens is 156 g/mol. The van der Waals surface area contributed by atoms with Gasteiger partial charge in [-0.2, -0.15) is 0 Å². The molecule has 0 aliphatic rings. The summed E-state index contributed by atoms with van der Waals surface area (Å²) in [5.74, 6) is -0.383. The monoisotopic (exact) mass is 168 g/mol. The van der Waals surface area contributed by atoms with E-state index in [4.69, 9.17) is 0 Å². The average Bonchev–Trinajstić information content (AvgIpc) is 2.11. The number of carbonyl (C=O) groups excluding carboxylic acids is 2. The Kier molecular flexibility index (Phi) is 5.61. The Morgan fingerprint density at radius 1 is 1.58 bits per heavy atom. The predicted octanol–water partition coefficient (Wildman–Crippen LogP) is 1.25. The minimum absolute atomic E-state index is 0.383. The molecule has 0 aliphatic carbocycles. The van der Waals surface area contributed by atoms with Crippen LogP contribution in [0.15, 0.2) is 24.3 Å². The summed E-state index contributed by atoms with van der Waals surface area (Å²) in [5, 5.41) is 0. The highest BCUT2D eigenvalue weighted by Gasteiger charge is 1.91. The number of esters is 1. The van der Waals surface area contributed by atoms with Crippen molar-refractivity contribution in [1.82, 2.24) is 0 Å². The predicted molar refractivity (Wildman–Crippen MR) is 45.6 cm³/mol. The smallest absolute Gasteiger partial charge is 0.330 e. The molecule has 0 bridgehead atoms. The van der Waals surface area contributed by atoms with Gasteiger partial charge in [0.2, 0.25) is 0 Å². The lowest BCUT2D eigenvalue weighted by Gasteiger charge is -1.91. The molecule has 0 radical (unpaired) electrons. The van der Waals surface area contributed by atoms with Gasteiger partial charge in [0.15, 0.2) is 0 Å². The van der Waals surface area contributed by atoms with Gasteiger partial charge in [0.1, 0.15) is 6.29 Å². The van der Waals surface area contributed by atoms with Crippen molar-refractivity contribution in [2.24, 2.45) is 0 Å². The third-order valence-electron chi connectivity index (χ3n) is 1.25. The first-order chi connectivity index (χ1) is 5.70. The van der Waals surface area contributed by atoms with Crippen LogP contribution in [0.3, 0.4) is 0 Å². The Hall–Kier alpha value is -1.38. The third-order valence-corrected chi connectivity index (χ3v) is 1.25. The van der Waals surface area contributed by atoms with Crippen LogP contribution in [0.25, 0.3) is 0 Å². The maximum atomic E-state index is 10.5. The minimum atomic E-state index is -0.383. The van der Waals surface area contributed by atoms with E-state index in [2.05, 4.69) is 11.3 Å². The minimum Gasteiger partial charge on any atom is -0.466 e. The summed E-state index contributed by atoms with van der Waals surface area (Å²) >= 11 is 0. The molecule has 12 heavy (non-hydrogen) atoms. The van der Waals surface area contributed by atoms with Gasteiger partial charge in [0, 0.05) is 6.08 Å². The molecule has 0 rings (SSSR count). The average molecular weight is 168 g/mol. The summed E-state index contributed by atoms with van der Waals surface area (Å²) < 4.78 is 4.37. The molecule has 0 heterocycles. The van der Waals surface area contributed by atoms with Crippen molar-refractivity contribution in [3.05, 3.63) is 24.3 Å². The number of aldehydes is 1. The van der Waals surface area contributed by atoms with Crippen LogP contribution in [-0.4, -0.2) is 19.4 Å². The van der Waals surface area contributed by atoms with Crippen molar-refractivity contribution in [2.75, 3.05) is 7.11 Å². The molecule has 0 aromatic heterocycles. The highest BCUT2D eigenvalue weighted by Crippen LogP contribution is 1.99. The van der Waals surface area contributed by atoms with Gasteiger partial charge in [0.25, 0.3) is 0 Å². The standard InChI is InChI=1S/C9H12O3/c1-8(7-10)5-3-4-6-9(11)12-2/h4,6-7H,1,3,5H2,2H3/b6-4+. The van der Waals surface area contributed by atoms with Gasteiger partial charge in [-0.15, -0.1) is 0 Å². The molecular formula is C9H12O3. The molecule has 0 fully saturated rings. The molecule has 0 aliphatic heterocycles. The number of methoxy groups -OCH3 is 1. The lowest BCUT2D eigenvalue weighted by Crippen LogP contribution is -1.93. The molecule has 0 amide bonds. The SMILES string of the molecule is C=C(C=O)CC/C=C/C(=O)OC. The fraction of sp³-hybridized carbons (Fsp3) is 0.333. The lowest BCUT2D eigenvalue weighted by atomic mass is 10.2. The highest BCUT2D eigenvalue weighted by atomic mass is 16.5. The van der Waals surface area contributed by atoms with Gasteiger partial charge in [-0.05, 0) is 18.4 Å². The van der Waals surface area contributed by atoms with Crippen LogP contribution in [0, 0.1) is 0 Å². The van der Waals surface area contributed by atoms with Crippen molar-refractivity contribution >= 4 is 12.3 Å². The van der Waals surface area contributed by atoms with E-state index in [1.54, 1.807) is 6.08 Å². The van der Waals surface area contributed by atoms with Crippen LogP contribution in [-0.2, 0) is 14.3 Å². The molecule has 0 spiro atoms. The molecule has 0 saturated carbocycles. The second kappa shape index (κ2) is 6.34. The Bertz CT molecular complexity index is 204. The summed E-state index contributed by atoms with van der Waals surface area (Å²) in [7, 11) is 1.32. The van der Waals surface area contributed by atoms with Crippen molar-refractivity contribution in [2.45, 2.75) is 12.8 Å². The number of hydrogen-bond donors (Lipinski definition) is 0. The molecule has 0 saturated heterocycles. The van der Waals surface area contributed by atoms with Gasteiger partial charge in [-0.3, -0.25) is 4.79 Å². The summed E-state index contributed by atoms with van der Waals surface area (Å²) in [6.45, 7) is 3.49. The molecule has 3 nitrogen and oxygen atoms in total. The van der Waals surface area contributed by atoms with E-state index in [9.17, 15) is 9.59 Å². The lowest BCUT2D eigenvalue weighted by molar-refractivity contribution is -0.134. The molecule has 66 valence electrons. The maximum absolute atomic E-state index is 10.5. The molecule has 0 aromatic rings. The fourth-order valence-electron chi connectivity index (χ4n) is 0.575. The number of carbonyl (C=O) groups is 2. The van der Waals surface area contributed by atoms with Crippen molar-refractivity contribution in [3.63, 3.8) is 0 Å². The Labute approximate surface area is 71.7 Å². The molecule has 0 N–H and O–H groups in total. The van der Waals surface area contributed by atoms with Crippen LogP contribution in [0.2, 0.25) is 0 Å². The summed E-state index contributed by atoms with van der Waals surface area (Å²) in [6, 6.07) is 0. The molecule has 0 aromatic carbocycles. The van der Waals surface area contributed by atoms with E-state index in [1.165, 1.54) is 13.2 Å². The summed E-state index contributed by atoms with van der Waals surface area (Å²) in [5.41, 5.74) is 0.532. The topological polar surface area (TPSA) is 43.4 Å². The molecule has 0 unspecified atom stereocenters. The van der Waals surface area contributed by atoms with Crippen LogP contribution >= 0.6 is 0 Å². The van der Waals surface area contributed by atoms with Gasteiger partial charge in [-0.25, -0.2) is 4.79 Å². The van der Waals surface area contributed by atoms with E-state index in [0.29, 0.717) is 24.7 Å². The normalized spacial score (nSPS) is 9.75. The second-order valence-corrected chi connectivity index (χ2v) is 2.24. The van der Waals surface area contributed by atoms with Gasteiger partial charge in [0.05, 0.1) is 7.11 Å². The number of allylic oxidation sites excluding steroid dienone is 2. The Balaban J connectivity index is 3.55. The van der Waals surface area contributed by atoms with Gasteiger partial charge >= 0.3 is 5.97 Å². The van der Waals surface area contributed by atoms with Gasteiger partial charge < -0.3 is 4.74 Å². The van der Waals surface area contributed by atoms with Crippen molar-refractivity contribution < 1.29 is 14.3 Å². The van der Waals surface area contributed by atoms with Crippen LogP contribution in [0.5, 0.6) is 0 Å². The Morgan fingerprint density at radius 2 is 2.25 bits per heavy atom. The second-order valence-electron chi connectivity index (χ2n) is 2.24. The molecule has 3 heteroatoms. The number of rotatable bonds is 5.